The van der Waals surface area contributed by atoms with E-state index in [2.05, 4.69) is 4.74 Å². The lowest BCUT2D eigenvalue weighted by Crippen LogP contribution is -2.24. The van der Waals surface area contributed by atoms with E-state index in [1.54, 1.807) is 20.8 Å². The highest BCUT2D eigenvalue weighted by Gasteiger charge is 2.17. The third-order valence-corrected chi connectivity index (χ3v) is 1.20. The summed E-state index contributed by atoms with van der Waals surface area (Å²) in [7, 11) is 0. The number of esters is 2. The van der Waals surface area contributed by atoms with Crippen LogP contribution < -0.4 is 11.9 Å². The fourth-order valence-corrected chi connectivity index (χ4v) is 0.762. The van der Waals surface area contributed by atoms with Gasteiger partial charge >= 0.3 is 11.9 Å². The molecule has 0 aromatic carbocycles. The van der Waals surface area contributed by atoms with Crippen molar-refractivity contribution in [3.8, 4) is 0 Å². The number of hydrogen-bond acceptors (Lipinski definition) is 6. The molecule has 0 aliphatic heterocycles. The first kappa shape index (κ1) is 20.5. The molecule has 0 rings (SSSR count). The first-order valence-corrected chi connectivity index (χ1v) is 4.42. The molecule has 0 spiro atoms. The van der Waals surface area contributed by atoms with Gasteiger partial charge in [-0.2, -0.15) is 0 Å². The minimum absolute atomic E-state index is 0. The van der Waals surface area contributed by atoms with E-state index in [-0.39, 0.29) is 38.1 Å². The van der Waals surface area contributed by atoms with Crippen molar-refractivity contribution in [1.29, 1.82) is 0 Å². The Morgan fingerprint density at radius 3 is 1.94 bits per heavy atom. The Labute approximate surface area is 102 Å². The number of ether oxygens (including phenoxy) is 2. The summed E-state index contributed by atoms with van der Waals surface area (Å²) in [5.74, 6) is -0.898. The van der Waals surface area contributed by atoms with Crippen LogP contribution in [0, 0.1) is 0 Å². The second-order valence-corrected chi connectivity index (χ2v) is 3.77. The fourth-order valence-electron chi connectivity index (χ4n) is 0.762. The predicted octanol–water partition coefficient (Wildman–Crippen LogP) is 1.15. The maximum absolute atomic E-state index is 11.1. The molecular formula is C9H21ClN2O4. The lowest BCUT2D eigenvalue weighted by atomic mass is 10.2. The molecule has 0 saturated heterocycles. The second-order valence-electron chi connectivity index (χ2n) is 3.77. The maximum atomic E-state index is 11.1. The first-order chi connectivity index (χ1) is 6.35. The highest BCUT2D eigenvalue weighted by atomic mass is 35.5. The van der Waals surface area contributed by atoms with Gasteiger partial charge in [0.2, 0.25) is 0 Å². The summed E-state index contributed by atoms with van der Waals surface area (Å²) in [6.45, 7) is 5.14. The van der Waals surface area contributed by atoms with Gasteiger partial charge in [-0.1, -0.05) is 0 Å². The maximum Gasteiger partial charge on any atom is 0.307 e. The van der Waals surface area contributed by atoms with Gasteiger partial charge in [-0.15, -0.1) is 12.4 Å². The Morgan fingerprint density at radius 2 is 1.56 bits per heavy atom. The minimum Gasteiger partial charge on any atom is -0.460 e. The number of carbonyl (C=O) groups excluding carboxylic acids is 2. The predicted molar refractivity (Wildman–Crippen MR) is 62.5 cm³/mol. The standard InChI is InChI=1S/C9H17NO4.ClH.H3N/c1-9(2,3)14-8(12)5-4-7(11)13-6-10;;/h4-6,10H2,1-3H3;1H;1H3. The molecule has 0 saturated carbocycles. The molecule has 0 aliphatic carbocycles. The van der Waals surface area contributed by atoms with Gasteiger partial charge < -0.3 is 15.6 Å². The number of nitrogens with two attached hydrogens (primary N) is 1. The monoisotopic (exact) mass is 256 g/mol. The molecule has 98 valence electrons. The summed E-state index contributed by atoms with van der Waals surface area (Å²) in [4.78, 5) is 21.9. The van der Waals surface area contributed by atoms with Crippen molar-refractivity contribution in [2.45, 2.75) is 39.2 Å². The molecule has 5 N–H and O–H groups in total. The van der Waals surface area contributed by atoms with E-state index in [0.29, 0.717) is 0 Å². The van der Waals surface area contributed by atoms with E-state index in [1.165, 1.54) is 0 Å². The average Bonchev–Trinajstić information content (AvgIpc) is 1.98. The van der Waals surface area contributed by atoms with Crippen LogP contribution in [-0.2, 0) is 19.1 Å². The van der Waals surface area contributed by atoms with Crippen LogP contribution in [0.5, 0.6) is 0 Å². The zero-order chi connectivity index (χ0) is 11.2. The lowest BCUT2D eigenvalue weighted by Gasteiger charge is -2.19. The zero-order valence-corrected chi connectivity index (χ0v) is 10.8. The van der Waals surface area contributed by atoms with Crippen molar-refractivity contribution >= 4 is 24.3 Å². The molecule has 6 nitrogen and oxygen atoms in total. The number of carbonyl (C=O) groups is 2. The third kappa shape index (κ3) is 13.2. The lowest BCUT2D eigenvalue weighted by molar-refractivity contribution is -0.158. The Kier molecular flexibility index (Phi) is 12.0. The Balaban J connectivity index is -0.000000845. The average molecular weight is 257 g/mol. The van der Waals surface area contributed by atoms with Crippen LogP contribution in [0.15, 0.2) is 0 Å². The van der Waals surface area contributed by atoms with Crippen LogP contribution in [0.25, 0.3) is 0 Å². The van der Waals surface area contributed by atoms with Crippen LogP contribution >= 0.6 is 12.4 Å². The van der Waals surface area contributed by atoms with Gasteiger partial charge in [-0.25, -0.2) is 0 Å². The van der Waals surface area contributed by atoms with Gasteiger partial charge in [0.25, 0.3) is 0 Å². The Morgan fingerprint density at radius 1 is 1.12 bits per heavy atom. The van der Waals surface area contributed by atoms with Crippen molar-refractivity contribution in [3.05, 3.63) is 0 Å². The van der Waals surface area contributed by atoms with Gasteiger partial charge in [0, 0.05) is 0 Å². The van der Waals surface area contributed by atoms with Gasteiger partial charge in [-0.3, -0.25) is 15.3 Å². The van der Waals surface area contributed by atoms with E-state index in [4.69, 9.17) is 10.5 Å². The largest absolute Gasteiger partial charge is 0.460 e. The minimum atomic E-state index is -0.519. The summed E-state index contributed by atoms with van der Waals surface area (Å²) < 4.78 is 9.44. The highest BCUT2D eigenvalue weighted by molar-refractivity contribution is 5.85. The summed E-state index contributed by atoms with van der Waals surface area (Å²) in [5, 5.41) is 0. The molecule has 0 unspecified atom stereocenters. The molecular weight excluding hydrogens is 236 g/mol. The third-order valence-electron chi connectivity index (χ3n) is 1.20. The van der Waals surface area contributed by atoms with E-state index in [9.17, 15) is 9.59 Å². The van der Waals surface area contributed by atoms with E-state index < -0.39 is 17.5 Å². The normalized spacial score (nSPS) is 9.50. The molecule has 16 heavy (non-hydrogen) atoms. The van der Waals surface area contributed by atoms with Crippen LogP contribution in [0.4, 0.5) is 0 Å². The first-order valence-electron chi connectivity index (χ1n) is 4.42. The molecule has 7 heteroatoms. The van der Waals surface area contributed by atoms with Crippen molar-refractivity contribution in [2.75, 3.05) is 6.73 Å². The molecule has 0 amide bonds. The number of rotatable bonds is 4. The molecule has 0 aromatic heterocycles. The molecule has 0 aromatic rings. The Hall–Kier alpha value is -0.850. The molecule has 0 heterocycles. The highest BCUT2D eigenvalue weighted by Crippen LogP contribution is 2.09. The molecule has 0 radical (unpaired) electrons. The quantitative estimate of drug-likeness (QED) is 0.576. The molecule has 0 aliphatic rings. The topological polar surface area (TPSA) is 114 Å². The molecule has 0 bridgehead atoms. The van der Waals surface area contributed by atoms with Gasteiger partial charge in [-0.05, 0) is 20.8 Å². The fraction of sp³-hybridized carbons (Fsp3) is 0.778. The smallest absolute Gasteiger partial charge is 0.307 e. The van der Waals surface area contributed by atoms with Crippen LogP contribution in [0.1, 0.15) is 33.6 Å². The summed E-state index contributed by atoms with van der Waals surface area (Å²) in [6, 6.07) is 0. The van der Waals surface area contributed by atoms with Gasteiger partial charge in [0.05, 0.1) is 12.8 Å². The Bertz CT molecular complexity index is 216. The van der Waals surface area contributed by atoms with E-state index in [0.717, 1.165) is 0 Å². The summed E-state index contributed by atoms with van der Waals surface area (Å²) in [6.07, 6.45) is 0.0300. The van der Waals surface area contributed by atoms with Crippen molar-refractivity contribution in [2.24, 2.45) is 5.73 Å². The van der Waals surface area contributed by atoms with Crippen LogP contribution in [-0.4, -0.2) is 24.3 Å². The second kappa shape index (κ2) is 9.38. The molecule has 0 fully saturated rings. The number of hydrogen-bond donors (Lipinski definition) is 2. The van der Waals surface area contributed by atoms with Gasteiger partial charge in [0.15, 0.2) is 0 Å². The van der Waals surface area contributed by atoms with Gasteiger partial charge in [0.1, 0.15) is 12.3 Å². The van der Waals surface area contributed by atoms with E-state index in [1.807, 2.05) is 0 Å². The number of halogens is 1. The molecule has 0 atom stereocenters. The summed E-state index contributed by atoms with van der Waals surface area (Å²) >= 11 is 0. The van der Waals surface area contributed by atoms with Crippen molar-refractivity contribution in [3.63, 3.8) is 0 Å². The zero-order valence-electron chi connectivity index (χ0n) is 9.95. The van der Waals surface area contributed by atoms with Crippen LogP contribution in [0.3, 0.4) is 0 Å². The van der Waals surface area contributed by atoms with Crippen LogP contribution in [0.2, 0.25) is 0 Å². The summed E-state index contributed by atoms with van der Waals surface area (Å²) in [5.41, 5.74) is 4.46. The van der Waals surface area contributed by atoms with Crippen molar-refractivity contribution in [1.82, 2.24) is 6.15 Å². The van der Waals surface area contributed by atoms with Crippen molar-refractivity contribution < 1.29 is 19.1 Å². The van der Waals surface area contributed by atoms with E-state index >= 15 is 0 Å². The SMILES string of the molecule is CC(C)(C)OC(=O)CCC(=O)OCN.Cl.N.